The Labute approximate surface area is 80.0 Å². The molecular formula is C11H17NO. The summed E-state index contributed by atoms with van der Waals surface area (Å²) in [5.41, 5.74) is 1.20. The Kier molecular flexibility index (Phi) is 8.15. The first-order valence-corrected chi connectivity index (χ1v) is 4.62. The number of benzene rings is 1. The molecule has 0 saturated heterocycles. The highest BCUT2D eigenvalue weighted by Gasteiger charge is 1.87. The van der Waals surface area contributed by atoms with Gasteiger partial charge in [0, 0.05) is 6.54 Å². The van der Waals surface area contributed by atoms with E-state index in [4.69, 9.17) is 0 Å². The van der Waals surface area contributed by atoms with E-state index in [1.54, 1.807) is 0 Å². The van der Waals surface area contributed by atoms with Gasteiger partial charge in [-0.1, -0.05) is 44.2 Å². The summed E-state index contributed by atoms with van der Waals surface area (Å²) in [4.78, 5) is 9.93. The molecule has 1 aromatic carbocycles. The molecule has 1 rings (SSSR count). The largest absolute Gasteiger partial charge is 0.306 e. The van der Waals surface area contributed by atoms with Crippen LogP contribution in [0.5, 0.6) is 0 Å². The second kappa shape index (κ2) is 8.94. The lowest BCUT2D eigenvalue weighted by Gasteiger charge is -1.98. The topological polar surface area (TPSA) is 29.1 Å². The van der Waals surface area contributed by atoms with Crippen molar-refractivity contribution in [2.24, 2.45) is 0 Å². The van der Waals surface area contributed by atoms with Crippen molar-refractivity contribution in [3.8, 4) is 0 Å². The second-order valence-electron chi connectivity index (χ2n) is 2.28. The van der Waals surface area contributed by atoms with Gasteiger partial charge in [0.15, 0.2) is 0 Å². The van der Waals surface area contributed by atoms with Crippen molar-refractivity contribution in [3.63, 3.8) is 0 Å². The van der Waals surface area contributed by atoms with Crippen LogP contribution < -0.4 is 5.32 Å². The van der Waals surface area contributed by atoms with Crippen LogP contribution in [0.1, 0.15) is 19.4 Å². The molecule has 0 saturated carbocycles. The van der Waals surface area contributed by atoms with Gasteiger partial charge in [0.05, 0.1) is 6.54 Å². The van der Waals surface area contributed by atoms with Crippen molar-refractivity contribution in [2.45, 2.75) is 20.4 Å². The molecule has 0 aliphatic heterocycles. The van der Waals surface area contributed by atoms with Gasteiger partial charge in [-0.15, -0.1) is 0 Å². The van der Waals surface area contributed by atoms with Crippen molar-refractivity contribution in [3.05, 3.63) is 35.9 Å². The van der Waals surface area contributed by atoms with Crippen LogP contribution in [0.25, 0.3) is 0 Å². The minimum Gasteiger partial charge on any atom is -0.306 e. The van der Waals surface area contributed by atoms with Crippen LogP contribution in [0.2, 0.25) is 0 Å². The maximum Gasteiger partial charge on any atom is 0.133 e. The average Bonchev–Trinajstić information content (AvgIpc) is 2.23. The molecule has 0 fully saturated rings. The predicted octanol–water partition coefficient (Wildman–Crippen LogP) is 2.00. The average molecular weight is 179 g/mol. The van der Waals surface area contributed by atoms with Crippen LogP contribution in [0, 0.1) is 0 Å². The van der Waals surface area contributed by atoms with Gasteiger partial charge in [0.25, 0.3) is 0 Å². The summed E-state index contributed by atoms with van der Waals surface area (Å²) in [7, 11) is 0. The van der Waals surface area contributed by atoms with Crippen LogP contribution in [0.3, 0.4) is 0 Å². The van der Waals surface area contributed by atoms with E-state index in [1.165, 1.54) is 5.56 Å². The molecule has 0 amide bonds. The van der Waals surface area contributed by atoms with Crippen molar-refractivity contribution < 1.29 is 4.79 Å². The molecule has 0 bridgehead atoms. The lowest BCUT2D eigenvalue weighted by atomic mass is 10.2. The summed E-state index contributed by atoms with van der Waals surface area (Å²) in [6, 6.07) is 9.99. The van der Waals surface area contributed by atoms with Crippen LogP contribution in [-0.4, -0.2) is 12.8 Å². The van der Waals surface area contributed by atoms with E-state index in [-0.39, 0.29) is 0 Å². The first-order valence-electron chi connectivity index (χ1n) is 4.62. The van der Waals surface area contributed by atoms with Gasteiger partial charge in [-0.25, -0.2) is 0 Å². The van der Waals surface area contributed by atoms with E-state index in [9.17, 15) is 4.79 Å². The number of carbonyl (C=O) groups is 1. The highest BCUT2D eigenvalue weighted by atomic mass is 16.1. The summed E-state index contributed by atoms with van der Waals surface area (Å²) in [5.74, 6) is 0. The summed E-state index contributed by atoms with van der Waals surface area (Å²) in [6.07, 6.45) is 0.864. The number of hydrogen-bond donors (Lipinski definition) is 1. The molecule has 2 heteroatoms. The third-order valence-electron chi connectivity index (χ3n) is 1.40. The quantitative estimate of drug-likeness (QED) is 0.566. The molecule has 0 radical (unpaired) electrons. The van der Waals surface area contributed by atoms with Crippen LogP contribution in [0.15, 0.2) is 30.3 Å². The molecular weight excluding hydrogens is 162 g/mol. The first-order chi connectivity index (χ1) is 6.43. The summed E-state index contributed by atoms with van der Waals surface area (Å²) in [5, 5.41) is 2.98. The minimum atomic E-state index is 0.425. The Balaban J connectivity index is 0.000000671. The van der Waals surface area contributed by atoms with Crippen molar-refractivity contribution in [1.29, 1.82) is 0 Å². The predicted molar refractivity (Wildman–Crippen MR) is 55.6 cm³/mol. The number of rotatable bonds is 4. The number of hydrogen-bond acceptors (Lipinski definition) is 2. The molecule has 0 spiro atoms. The van der Waals surface area contributed by atoms with E-state index in [0.717, 1.165) is 12.8 Å². The maximum atomic E-state index is 9.93. The van der Waals surface area contributed by atoms with Gasteiger partial charge in [-0.2, -0.15) is 0 Å². The lowest BCUT2D eigenvalue weighted by molar-refractivity contribution is -0.107. The zero-order chi connectivity index (χ0) is 9.94. The zero-order valence-corrected chi connectivity index (χ0v) is 8.29. The Hall–Kier alpha value is -1.15. The molecule has 0 unspecified atom stereocenters. The molecule has 1 N–H and O–H groups in total. The third kappa shape index (κ3) is 6.05. The van der Waals surface area contributed by atoms with Gasteiger partial charge in [-0.05, 0) is 5.56 Å². The van der Waals surface area contributed by atoms with Gasteiger partial charge in [-0.3, -0.25) is 0 Å². The van der Waals surface area contributed by atoms with E-state index in [1.807, 2.05) is 44.2 Å². The van der Waals surface area contributed by atoms with Crippen LogP contribution >= 0.6 is 0 Å². The third-order valence-corrected chi connectivity index (χ3v) is 1.40. The number of aldehydes is 1. The van der Waals surface area contributed by atoms with E-state index in [0.29, 0.717) is 6.54 Å². The summed E-state index contributed by atoms with van der Waals surface area (Å²) >= 11 is 0. The standard InChI is InChI=1S/C9H11NO.C2H6/c11-7-6-10-8-9-4-2-1-3-5-9;1-2/h1-5,7,10H,6,8H2;1-2H3. The molecule has 0 aliphatic carbocycles. The summed E-state index contributed by atoms with van der Waals surface area (Å²) < 4.78 is 0. The monoisotopic (exact) mass is 179 g/mol. The Morgan fingerprint density at radius 1 is 1.23 bits per heavy atom. The minimum absolute atomic E-state index is 0.425. The number of nitrogens with one attached hydrogen (secondary N) is 1. The summed E-state index contributed by atoms with van der Waals surface area (Å²) in [6.45, 7) is 5.19. The molecule has 1 aromatic rings. The van der Waals surface area contributed by atoms with Gasteiger partial charge in [0.1, 0.15) is 6.29 Å². The fourth-order valence-electron chi connectivity index (χ4n) is 0.871. The molecule has 0 aromatic heterocycles. The van der Waals surface area contributed by atoms with Crippen LogP contribution in [-0.2, 0) is 11.3 Å². The van der Waals surface area contributed by atoms with E-state index in [2.05, 4.69) is 5.32 Å². The van der Waals surface area contributed by atoms with Crippen molar-refractivity contribution >= 4 is 6.29 Å². The fraction of sp³-hybridized carbons (Fsp3) is 0.364. The van der Waals surface area contributed by atoms with Gasteiger partial charge in [0.2, 0.25) is 0 Å². The highest BCUT2D eigenvalue weighted by Crippen LogP contribution is 1.96. The van der Waals surface area contributed by atoms with Gasteiger partial charge < -0.3 is 10.1 Å². The number of carbonyl (C=O) groups excluding carboxylic acids is 1. The van der Waals surface area contributed by atoms with Crippen molar-refractivity contribution in [1.82, 2.24) is 5.32 Å². The molecule has 0 aliphatic rings. The molecule has 0 atom stereocenters. The fourth-order valence-corrected chi connectivity index (χ4v) is 0.871. The Morgan fingerprint density at radius 3 is 2.38 bits per heavy atom. The highest BCUT2D eigenvalue weighted by molar-refractivity contribution is 5.51. The maximum absolute atomic E-state index is 9.93. The van der Waals surface area contributed by atoms with Crippen LogP contribution in [0.4, 0.5) is 0 Å². The second-order valence-corrected chi connectivity index (χ2v) is 2.28. The molecule has 72 valence electrons. The van der Waals surface area contributed by atoms with Crippen molar-refractivity contribution in [2.75, 3.05) is 6.54 Å². The molecule has 0 heterocycles. The molecule has 2 nitrogen and oxygen atoms in total. The smallest absolute Gasteiger partial charge is 0.133 e. The Morgan fingerprint density at radius 2 is 1.85 bits per heavy atom. The molecule has 13 heavy (non-hydrogen) atoms. The van der Waals surface area contributed by atoms with E-state index < -0.39 is 0 Å². The Bertz CT molecular complexity index is 209. The normalized spacial score (nSPS) is 8.46. The van der Waals surface area contributed by atoms with Gasteiger partial charge >= 0.3 is 0 Å². The lowest BCUT2D eigenvalue weighted by Crippen LogP contribution is -2.15. The zero-order valence-electron chi connectivity index (χ0n) is 8.29. The van der Waals surface area contributed by atoms with E-state index >= 15 is 0 Å². The first kappa shape index (κ1) is 11.8. The SMILES string of the molecule is CC.O=CCNCc1ccccc1.